The van der Waals surface area contributed by atoms with Crippen LogP contribution in [0, 0.1) is 6.92 Å². The smallest absolute Gasteiger partial charge is 0.383 e. The Balaban J connectivity index is 1.51. The lowest BCUT2D eigenvalue weighted by molar-refractivity contribution is -0.136. The lowest BCUT2D eigenvalue weighted by Crippen LogP contribution is -2.46. The van der Waals surface area contributed by atoms with Crippen LogP contribution in [0.4, 0.5) is 19.0 Å². The maximum absolute atomic E-state index is 13.7. The average Bonchev–Trinajstić information content (AvgIpc) is 2.73. The zero-order chi connectivity index (χ0) is 22.2. The van der Waals surface area contributed by atoms with Crippen LogP contribution < -0.4 is 5.73 Å². The first kappa shape index (κ1) is 21.7. The summed E-state index contributed by atoms with van der Waals surface area (Å²) in [5.74, 6) is -0.0999. The molecule has 0 bridgehead atoms. The zero-order valence-corrected chi connectivity index (χ0v) is 17.3. The molecule has 1 amide bonds. The van der Waals surface area contributed by atoms with Gasteiger partial charge in [-0.25, -0.2) is 15.0 Å². The molecule has 168 valence electrons. The minimum Gasteiger partial charge on any atom is -0.383 e. The number of morpholine rings is 1. The van der Waals surface area contributed by atoms with E-state index in [0.29, 0.717) is 51.4 Å². The molecule has 2 aromatic rings. The van der Waals surface area contributed by atoms with Gasteiger partial charge in [0.2, 0.25) is 5.91 Å². The molecule has 4 heterocycles. The molecule has 2 aliphatic heterocycles. The summed E-state index contributed by atoms with van der Waals surface area (Å²) in [6.07, 6.45) is -3.51. The number of nitrogens with zero attached hydrogens (tertiary/aromatic N) is 5. The number of pyridine rings is 1. The van der Waals surface area contributed by atoms with Crippen LogP contribution in [0.3, 0.4) is 0 Å². The fraction of sp³-hybridized carbons (Fsp3) is 0.600. The van der Waals surface area contributed by atoms with E-state index >= 15 is 0 Å². The van der Waals surface area contributed by atoms with E-state index in [0.717, 1.165) is 19.2 Å². The summed E-state index contributed by atoms with van der Waals surface area (Å²) in [5, 5.41) is -0.264. The van der Waals surface area contributed by atoms with Crippen molar-refractivity contribution in [3.05, 3.63) is 23.1 Å². The number of nitrogens with two attached hydrogens (primary N) is 1. The highest BCUT2D eigenvalue weighted by Gasteiger charge is 2.36. The maximum Gasteiger partial charge on any atom is 0.417 e. The number of anilines is 1. The lowest BCUT2D eigenvalue weighted by atomic mass is 9.91. The van der Waals surface area contributed by atoms with Crippen molar-refractivity contribution < 1.29 is 22.7 Å². The number of aryl methyl sites for hydroxylation is 1. The van der Waals surface area contributed by atoms with E-state index in [1.165, 1.54) is 0 Å². The van der Waals surface area contributed by atoms with Crippen LogP contribution in [0.15, 0.2) is 6.07 Å². The van der Waals surface area contributed by atoms with Crippen molar-refractivity contribution in [1.82, 2.24) is 24.8 Å². The predicted octanol–water partition coefficient (Wildman–Crippen LogP) is 1.97. The van der Waals surface area contributed by atoms with Crippen molar-refractivity contribution in [2.45, 2.75) is 31.9 Å². The average molecular weight is 438 g/mol. The molecular weight excluding hydrogens is 413 g/mol. The van der Waals surface area contributed by atoms with Crippen molar-refractivity contribution in [2.24, 2.45) is 0 Å². The Morgan fingerprint density at radius 3 is 2.48 bits per heavy atom. The van der Waals surface area contributed by atoms with E-state index in [1.54, 1.807) is 11.8 Å². The molecule has 2 aromatic heterocycles. The number of halogens is 3. The number of aromatic nitrogens is 3. The highest BCUT2D eigenvalue weighted by Crippen LogP contribution is 2.38. The van der Waals surface area contributed by atoms with Gasteiger partial charge in [0.05, 0.1) is 30.7 Å². The molecule has 0 unspecified atom stereocenters. The summed E-state index contributed by atoms with van der Waals surface area (Å²) in [6.45, 7) is 5.59. The standard InChI is InChI=1S/C20H25F3N6O2/c1-12-25-18(24)17-14(20(21,22)23)10-15(27-19(17)26-12)13-2-4-29(5-3-13)16(30)11-28-6-8-31-9-7-28/h10,13H,2-9,11H2,1H3,(H2,24,25,26,27). The van der Waals surface area contributed by atoms with Gasteiger partial charge in [-0.2, -0.15) is 13.2 Å². The topological polar surface area (TPSA) is 97.5 Å². The second kappa shape index (κ2) is 8.54. The third-order valence-electron chi connectivity index (χ3n) is 5.86. The van der Waals surface area contributed by atoms with Gasteiger partial charge in [-0.3, -0.25) is 9.69 Å². The van der Waals surface area contributed by atoms with E-state index in [1.807, 2.05) is 0 Å². The molecule has 4 rings (SSSR count). The number of fused-ring (bicyclic) bond motifs is 1. The van der Waals surface area contributed by atoms with Crippen LogP contribution in [0.25, 0.3) is 11.0 Å². The third-order valence-corrected chi connectivity index (χ3v) is 5.86. The second-order valence-corrected chi connectivity index (χ2v) is 7.99. The second-order valence-electron chi connectivity index (χ2n) is 7.99. The number of ether oxygens (including phenoxy) is 1. The molecular formula is C20H25F3N6O2. The van der Waals surface area contributed by atoms with Gasteiger partial charge in [0.25, 0.3) is 0 Å². The van der Waals surface area contributed by atoms with Crippen LogP contribution in [-0.2, 0) is 15.7 Å². The number of carbonyl (C=O) groups is 1. The summed E-state index contributed by atoms with van der Waals surface area (Å²) >= 11 is 0. The monoisotopic (exact) mass is 438 g/mol. The number of hydrogen-bond acceptors (Lipinski definition) is 7. The van der Waals surface area contributed by atoms with E-state index in [9.17, 15) is 18.0 Å². The Labute approximate surface area is 177 Å². The number of amides is 1. The van der Waals surface area contributed by atoms with E-state index < -0.39 is 11.7 Å². The van der Waals surface area contributed by atoms with Gasteiger partial charge in [0, 0.05) is 37.8 Å². The van der Waals surface area contributed by atoms with Crippen molar-refractivity contribution in [2.75, 3.05) is 51.7 Å². The molecule has 0 radical (unpaired) electrons. The molecule has 8 nitrogen and oxygen atoms in total. The number of piperidine rings is 1. The van der Waals surface area contributed by atoms with Crippen LogP contribution >= 0.6 is 0 Å². The van der Waals surface area contributed by atoms with Gasteiger partial charge >= 0.3 is 6.18 Å². The van der Waals surface area contributed by atoms with E-state index in [4.69, 9.17) is 10.5 Å². The first-order valence-corrected chi connectivity index (χ1v) is 10.3. The SMILES string of the molecule is Cc1nc(N)c2c(C(F)(F)F)cc(C3CCN(C(=O)CN4CCOCC4)CC3)nc2n1. The van der Waals surface area contributed by atoms with Crippen molar-refractivity contribution >= 4 is 22.8 Å². The van der Waals surface area contributed by atoms with E-state index in [2.05, 4.69) is 19.9 Å². The van der Waals surface area contributed by atoms with Crippen molar-refractivity contribution in [1.29, 1.82) is 0 Å². The normalized spacial score (nSPS) is 19.2. The van der Waals surface area contributed by atoms with Crippen LogP contribution in [0.1, 0.15) is 35.8 Å². The fourth-order valence-corrected chi connectivity index (χ4v) is 4.20. The molecule has 2 saturated heterocycles. The summed E-state index contributed by atoms with van der Waals surface area (Å²) in [5.41, 5.74) is 5.19. The molecule has 2 fully saturated rings. The Morgan fingerprint density at radius 2 is 1.84 bits per heavy atom. The Bertz CT molecular complexity index is 970. The zero-order valence-electron chi connectivity index (χ0n) is 17.3. The van der Waals surface area contributed by atoms with Crippen LogP contribution in [-0.4, -0.2) is 76.6 Å². The molecule has 2 N–H and O–H groups in total. The number of alkyl halides is 3. The number of hydrogen-bond donors (Lipinski definition) is 1. The van der Waals surface area contributed by atoms with Crippen molar-refractivity contribution in [3.63, 3.8) is 0 Å². The van der Waals surface area contributed by atoms with E-state index in [-0.39, 0.29) is 34.5 Å². The summed E-state index contributed by atoms with van der Waals surface area (Å²) in [6, 6.07) is 1.06. The molecule has 11 heteroatoms. The summed E-state index contributed by atoms with van der Waals surface area (Å²) < 4.78 is 46.5. The minimum absolute atomic E-state index is 0.0407. The number of likely N-dealkylation sites (tertiary alicyclic amines) is 1. The predicted molar refractivity (Wildman–Crippen MR) is 107 cm³/mol. The lowest BCUT2D eigenvalue weighted by Gasteiger charge is -2.34. The highest BCUT2D eigenvalue weighted by atomic mass is 19.4. The van der Waals surface area contributed by atoms with Crippen LogP contribution in [0.5, 0.6) is 0 Å². The first-order valence-electron chi connectivity index (χ1n) is 10.3. The quantitative estimate of drug-likeness (QED) is 0.783. The first-order chi connectivity index (χ1) is 14.7. The van der Waals surface area contributed by atoms with Gasteiger partial charge in [-0.1, -0.05) is 0 Å². The van der Waals surface area contributed by atoms with Gasteiger partial charge in [0.1, 0.15) is 11.6 Å². The minimum atomic E-state index is -4.60. The largest absolute Gasteiger partial charge is 0.417 e. The van der Waals surface area contributed by atoms with Gasteiger partial charge in [-0.05, 0) is 25.8 Å². The summed E-state index contributed by atoms with van der Waals surface area (Å²) in [7, 11) is 0. The highest BCUT2D eigenvalue weighted by molar-refractivity contribution is 5.89. The van der Waals surface area contributed by atoms with Gasteiger partial charge in [-0.15, -0.1) is 0 Å². The molecule has 0 atom stereocenters. The number of carbonyl (C=O) groups excluding carboxylic acids is 1. The molecule has 2 aliphatic rings. The maximum atomic E-state index is 13.7. The Kier molecular flexibility index (Phi) is 5.98. The molecule has 0 aliphatic carbocycles. The Hall–Kier alpha value is -2.53. The molecule has 31 heavy (non-hydrogen) atoms. The van der Waals surface area contributed by atoms with Gasteiger partial charge in [0.15, 0.2) is 5.65 Å². The third kappa shape index (κ3) is 4.72. The summed E-state index contributed by atoms with van der Waals surface area (Å²) in [4.78, 5) is 28.8. The van der Waals surface area contributed by atoms with Crippen molar-refractivity contribution in [3.8, 4) is 0 Å². The number of nitrogen functional groups attached to an aromatic ring is 1. The van der Waals surface area contributed by atoms with Gasteiger partial charge < -0.3 is 15.4 Å². The molecule has 0 saturated carbocycles. The Morgan fingerprint density at radius 1 is 1.16 bits per heavy atom. The number of rotatable bonds is 3. The van der Waals surface area contributed by atoms with Crippen LogP contribution in [0.2, 0.25) is 0 Å². The molecule has 0 aromatic carbocycles. The fourth-order valence-electron chi connectivity index (χ4n) is 4.20. The molecule has 0 spiro atoms.